The third-order valence-corrected chi connectivity index (χ3v) is 6.16. The Kier molecular flexibility index (Phi) is 8.19. The molecule has 0 saturated carbocycles. The van der Waals surface area contributed by atoms with E-state index in [-0.39, 0.29) is 24.3 Å². The third kappa shape index (κ3) is 5.63. The number of hydrogen-bond donors (Lipinski definition) is 1. The van der Waals surface area contributed by atoms with E-state index >= 15 is 0 Å². The highest BCUT2D eigenvalue weighted by Gasteiger charge is 2.33. The van der Waals surface area contributed by atoms with Gasteiger partial charge >= 0.3 is 12.0 Å². The summed E-state index contributed by atoms with van der Waals surface area (Å²) in [5.41, 5.74) is 0.710. The standard InChI is InChI=1S/C23H33N3O6/c1-30-19-9-8-16(13-20(19)31-2)18(14-21(27)32-3)24-22(28)17-7-6-12-26(15-17)23(29)25-10-4-5-11-25/h8-9,13,17-18H,4-7,10-12,14-15H2,1-3H3,(H,24,28)/t17-,18+/m0/s1. The summed E-state index contributed by atoms with van der Waals surface area (Å²) >= 11 is 0. The number of nitrogens with one attached hydrogen (secondary N) is 1. The van der Waals surface area contributed by atoms with Gasteiger partial charge in [0.15, 0.2) is 11.5 Å². The second-order valence-corrected chi connectivity index (χ2v) is 8.22. The number of carbonyl (C=O) groups is 3. The van der Waals surface area contributed by atoms with Crippen LogP contribution in [0.2, 0.25) is 0 Å². The van der Waals surface area contributed by atoms with Gasteiger partial charge in [-0.1, -0.05) is 6.07 Å². The van der Waals surface area contributed by atoms with Gasteiger partial charge in [-0.2, -0.15) is 0 Å². The van der Waals surface area contributed by atoms with Gasteiger partial charge in [-0.05, 0) is 43.4 Å². The largest absolute Gasteiger partial charge is 0.493 e. The average molecular weight is 448 g/mol. The number of ether oxygens (including phenoxy) is 3. The molecule has 3 rings (SSSR count). The summed E-state index contributed by atoms with van der Waals surface area (Å²) in [7, 11) is 4.39. The Morgan fingerprint density at radius 1 is 1.00 bits per heavy atom. The lowest BCUT2D eigenvalue weighted by Gasteiger charge is -2.35. The van der Waals surface area contributed by atoms with Gasteiger partial charge in [-0.3, -0.25) is 9.59 Å². The van der Waals surface area contributed by atoms with Crippen LogP contribution < -0.4 is 14.8 Å². The Labute approximate surface area is 189 Å². The fraction of sp³-hybridized carbons (Fsp3) is 0.609. The second kappa shape index (κ2) is 11.1. The van der Waals surface area contributed by atoms with E-state index < -0.39 is 12.0 Å². The summed E-state index contributed by atoms with van der Waals surface area (Å²) in [5, 5.41) is 3.00. The van der Waals surface area contributed by atoms with Crippen LogP contribution >= 0.6 is 0 Å². The molecule has 32 heavy (non-hydrogen) atoms. The molecule has 2 saturated heterocycles. The van der Waals surface area contributed by atoms with Gasteiger partial charge in [0.25, 0.3) is 0 Å². The molecule has 0 bridgehead atoms. The Balaban J connectivity index is 1.71. The van der Waals surface area contributed by atoms with Gasteiger partial charge in [0.2, 0.25) is 5.91 Å². The van der Waals surface area contributed by atoms with Gasteiger partial charge < -0.3 is 29.3 Å². The van der Waals surface area contributed by atoms with E-state index in [1.807, 2.05) is 4.90 Å². The number of rotatable bonds is 7. The van der Waals surface area contributed by atoms with Crippen molar-refractivity contribution >= 4 is 17.9 Å². The van der Waals surface area contributed by atoms with Gasteiger partial charge in [0.05, 0.1) is 39.7 Å². The molecule has 1 N–H and O–H groups in total. The lowest BCUT2D eigenvalue weighted by atomic mass is 9.95. The highest BCUT2D eigenvalue weighted by Crippen LogP contribution is 2.31. The zero-order chi connectivity index (χ0) is 23.1. The zero-order valence-electron chi connectivity index (χ0n) is 19.1. The van der Waals surface area contributed by atoms with Crippen LogP contribution in [0.25, 0.3) is 0 Å². The maximum absolute atomic E-state index is 13.1. The lowest BCUT2D eigenvalue weighted by molar-refractivity contribution is -0.141. The highest BCUT2D eigenvalue weighted by molar-refractivity contribution is 5.82. The van der Waals surface area contributed by atoms with Crippen molar-refractivity contribution in [1.82, 2.24) is 15.1 Å². The number of likely N-dealkylation sites (tertiary alicyclic amines) is 2. The molecule has 9 nitrogen and oxygen atoms in total. The number of urea groups is 1. The second-order valence-electron chi connectivity index (χ2n) is 8.22. The van der Waals surface area contributed by atoms with Gasteiger partial charge in [-0.15, -0.1) is 0 Å². The van der Waals surface area contributed by atoms with E-state index in [1.165, 1.54) is 14.2 Å². The Morgan fingerprint density at radius 2 is 1.69 bits per heavy atom. The number of esters is 1. The van der Waals surface area contributed by atoms with E-state index in [0.29, 0.717) is 36.6 Å². The number of piperidine rings is 1. The smallest absolute Gasteiger partial charge is 0.320 e. The van der Waals surface area contributed by atoms with Crippen LogP contribution in [-0.2, 0) is 14.3 Å². The van der Waals surface area contributed by atoms with Crippen LogP contribution in [0.5, 0.6) is 11.5 Å². The SMILES string of the molecule is COC(=O)C[C@@H](NC(=O)[C@H]1CCCN(C(=O)N2CCCC2)C1)c1ccc(OC)c(OC)c1. The molecule has 0 aliphatic carbocycles. The van der Waals surface area contributed by atoms with Crippen LogP contribution in [0.3, 0.4) is 0 Å². The zero-order valence-corrected chi connectivity index (χ0v) is 19.1. The molecule has 2 fully saturated rings. The molecule has 2 heterocycles. The van der Waals surface area contributed by atoms with E-state index in [4.69, 9.17) is 14.2 Å². The Hall–Kier alpha value is -2.97. The predicted molar refractivity (Wildman–Crippen MR) is 118 cm³/mol. The summed E-state index contributed by atoms with van der Waals surface area (Å²) in [4.78, 5) is 41.6. The van der Waals surface area contributed by atoms with Crippen LogP contribution in [0.4, 0.5) is 4.79 Å². The van der Waals surface area contributed by atoms with Gasteiger partial charge in [0.1, 0.15) is 0 Å². The first kappa shape index (κ1) is 23.7. The fourth-order valence-electron chi connectivity index (χ4n) is 4.33. The number of hydrogen-bond acceptors (Lipinski definition) is 6. The molecule has 176 valence electrons. The summed E-state index contributed by atoms with van der Waals surface area (Å²) in [6.45, 7) is 2.62. The van der Waals surface area contributed by atoms with Crippen molar-refractivity contribution in [2.75, 3.05) is 47.5 Å². The third-order valence-electron chi connectivity index (χ3n) is 6.16. The van der Waals surface area contributed by atoms with Gasteiger partial charge in [0, 0.05) is 26.2 Å². The quantitative estimate of drug-likeness (QED) is 0.645. The fourth-order valence-corrected chi connectivity index (χ4v) is 4.33. The van der Waals surface area contributed by atoms with Crippen LogP contribution in [0.1, 0.15) is 43.7 Å². The van der Waals surface area contributed by atoms with E-state index in [0.717, 1.165) is 32.4 Å². The molecule has 1 aromatic carbocycles. The van der Waals surface area contributed by atoms with Crippen molar-refractivity contribution in [1.29, 1.82) is 0 Å². The average Bonchev–Trinajstić information content (AvgIpc) is 3.37. The van der Waals surface area contributed by atoms with E-state index in [1.54, 1.807) is 30.2 Å². The summed E-state index contributed by atoms with van der Waals surface area (Å²) in [6.07, 6.45) is 3.52. The summed E-state index contributed by atoms with van der Waals surface area (Å²) in [5.74, 6) is 0.139. The molecule has 0 spiro atoms. The van der Waals surface area contributed by atoms with Crippen molar-refractivity contribution < 1.29 is 28.6 Å². The predicted octanol–water partition coefficient (Wildman–Crippen LogP) is 2.35. The highest BCUT2D eigenvalue weighted by atomic mass is 16.5. The minimum atomic E-state index is -0.584. The molecular weight excluding hydrogens is 414 g/mol. The first-order valence-electron chi connectivity index (χ1n) is 11.1. The number of amides is 3. The minimum absolute atomic E-state index is 0.0130. The molecule has 0 radical (unpaired) electrons. The molecular formula is C23H33N3O6. The molecule has 1 aromatic rings. The van der Waals surface area contributed by atoms with Crippen molar-refractivity contribution in [3.63, 3.8) is 0 Å². The molecule has 9 heteroatoms. The van der Waals surface area contributed by atoms with Crippen molar-refractivity contribution in [2.24, 2.45) is 5.92 Å². The Morgan fingerprint density at radius 3 is 2.34 bits per heavy atom. The summed E-state index contributed by atoms with van der Waals surface area (Å²) < 4.78 is 15.5. The van der Waals surface area contributed by atoms with Crippen molar-refractivity contribution in [3.8, 4) is 11.5 Å². The Bertz CT molecular complexity index is 824. The van der Waals surface area contributed by atoms with E-state index in [2.05, 4.69) is 5.32 Å². The topological polar surface area (TPSA) is 97.4 Å². The minimum Gasteiger partial charge on any atom is -0.493 e. The van der Waals surface area contributed by atoms with E-state index in [9.17, 15) is 14.4 Å². The molecule has 2 aliphatic heterocycles. The van der Waals surface area contributed by atoms with Crippen LogP contribution in [0.15, 0.2) is 18.2 Å². The van der Waals surface area contributed by atoms with Crippen molar-refractivity contribution in [2.45, 2.75) is 38.1 Å². The van der Waals surface area contributed by atoms with Crippen LogP contribution in [-0.4, -0.2) is 75.2 Å². The van der Waals surface area contributed by atoms with Crippen molar-refractivity contribution in [3.05, 3.63) is 23.8 Å². The molecule has 3 amide bonds. The first-order valence-corrected chi connectivity index (χ1v) is 11.1. The number of carbonyl (C=O) groups excluding carboxylic acids is 3. The first-order chi connectivity index (χ1) is 15.5. The number of nitrogens with zero attached hydrogens (tertiary/aromatic N) is 2. The number of benzene rings is 1. The number of methoxy groups -OCH3 is 3. The molecule has 2 atom stereocenters. The molecule has 0 unspecified atom stereocenters. The lowest BCUT2D eigenvalue weighted by Crippen LogP contribution is -2.50. The normalized spacial score (nSPS) is 19.3. The maximum atomic E-state index is 13.1. The maximum Gasteiger partial charge on any atom is 0.320 e. The van der Waals surface area contributed by atoms with Gasteiger partial charge in [-0.25, -0.2) is 4.79 Å². The monoisotopic (exact) mass is 447 g/mol. The molecule has 0 aromatic heterocycles. The summed E-state index contributed by atoms with van der Waals surface area (Å²) in [6, 6.07) is 4.71. The van der Waals surface area contributed by atoms with Crippen LogP contribution in [0, 0.1) is 5.92 Å². The molecule has 2 aliphatic rings.